The maximum absolute atomic E-state index is 12.2. The first-order chi connectivity index (χ1) is 8.56. The predicted molar refractivity (Wildman–Crippen MR) is 85.1 cm³/mol. The molecule has 1 atom stereocenters. The summed E-state index contributed by atoms with van der Waals surface area (Å²) in [5, 5.41) is 0.558. The summed E-state index contributed by atoms with van der Waals surface area (Å²) in [6.07, 6.45) is 0. The van der Waals surface area contributed by atoms with E-state index in [-0.39, 0.29) is 0 Å². The summed E-state index contributed by atoms with van der Waals surface area (Å²) in [6, 6.07) is 13.0. The highest BCUT2D eigenvalue weighted by Crippen LogP contribution is 2.23. The van der Waals surface area contributed by atoms with Gasteiger partial charge in [-0.25, -0.2) is 0 Å². The molecule has 0 fully saturated rings. The Morgan fingerprint density at radius 2 is 1.83 bits per heavy atom. The summed E-state index contributed by atoms with van der Waals surface area (Å²) in [4.78, 5) is 0.637. The van der Waals surface area contributed by atoms with Gasteiger partial charge in [-0.2, -0.15) is 0 Å². The van der Waals surface area contributed by atoms with Crippen LogP contribution in [-0.2, 0) is 16.6 Å². The van der Waals surface area contributed by atoms with E-state index in [1.165, 1.54) is 0 Å². The summed E-state index contributed by atoms with van der Waals surface area (Å²) in [7, 11) is -1.15. The fourth-order valence-electron chi connectivity index (χ4n) is 1.54. The standard InChI is InChI=1S/C13H11ClINOS/c14-10-3-6-13(12(16)7-10)18(17)8-9-1-4-11(15)5-2-9/h1-7H,8,16H2. The molecule has 0 amide bonds. The molecule has 0 saturated carbocycles. The third-order valence-electron chi connectivity index (χ3n) is 2.43. The summed E-state index contributed by atoms with van der Waals surface area (Å²) in [5.41, 5.74) is 7.33. The van der Waals surface area contributed by atoms with Crippen LogP contribution in [0, 0.1) is 3.57 Å². The number of rotatable bonds is 3. The average Bonchev–Trinajstić information content (AvgIpc) is 2.32. The first-order valence-electron chi connectivity index (χ1n) is 5.24. The van der Waals surface area contributed by atoms with Crippen molar-refractivity contribution in [2.75, 3.05) is 5.73 Å². The van der Waals surface area contributed by atoms with Gasteiger partial charge < -0.3 is 5.73 Å². The Bertz CT molecular complexity index is 586. The quantitative estimate of drug-likeness (QED) is 0.638. The van der Waals surface area contributed by atoms with Crippen molar-refractivity contribution in [1.82, 2.24) is 0 Å². The van der Waals surface area contributed by atoms with Crippen molar-refractivity contribution < 1.29 is 4.21 Å². The highest BCUT2D eigenvalue weighted by molar-refractivity contribution is 14.1. The van der Waals surface area contributed by atoms with Crippen molar-refractivity contribution in [3.05, 3.63) is 56.6 Å². The molecule has 2 N–H and O–H groups in total. The van der Waals surface area contributed by atoms with E-state index in [0.29, 0.717) is 21.4 Å². The van der Waals surface area contributed by atoms with Gasteiger partial charge in [-0.1, -0.05) is 23.7 Å². The molecular weight excluding hydrogens is 381 g/mol. The molecule has 2 rings (SSSR count). The van der Waals surface area contributed by atoms with Crippen LogP contribution in [0.4, 0.5) is 5.69 Å². The molecule has 0 saturated heterocycles. The highest BCUT2D eigenvalue weighted by Gasteiger charge is 2.09. The Balaban J connectivity index is 2.19. The van der Waals surface area contributed by atoms with Gasteiger partial charge in [-0.15, -0.1) is 0 Å². The molecular formula is C13H11ClINOS. The van der Waals surface area contributed by atoms with E-state index >= 15 is 0 Å². The molecule has 0 bridgehead atoms. The monoisotopic (exact) mass is 391 g/mol. The number of benzene rings is 2. The average molecular weight is 392 g/mol. The summed E-state index contributed by atoms with van der Waals surface area (Å²) < 4.78 is 13.4. The van der Waals surface area contributed by atoms with Gasteiger partial charge in [0.2, 0.25) is 0 Å². The fraction of sp³-hybridized carbons (Fsp3) is 0.0769. The lowest BCUT2D eigenvalue weighted by Gasteiger charge is -2.06. The SMILES string of the molecule is Nc1cc(Cl)ccc1S(=O)Cc1ccc(I)cc1. The van der Waals surface area contributed by atoms with E-state index in [1.54, 1.807) is 18.2 Å². The number of nitrogen functional groups attached to an aromatic ring is 1. The van der Waals surface area contributed by atoms with Crippen LogP contribution in [0.25, 0.3) is 0 Å². The van der Waals surface area contributed by atoms with Gasteiger partial charge in [0.1, 0.15) is 0 Å². The van der Waals surface area contributed by atoms with Crippen LogP contribution >= 0.6 is 34.2 Å². The van der Waals surface area contributed by atoms with Crippen LogP contribution in [0.15, 0.2) is 47.4 Å². The van der Waals surface area contributed by atoms with Gasteiger partial charge in [0, 0.05) is 14.3 Å². The molecule has 2 aromatic rings. The van der Waals surface area contributed by atoms with E-state index in [0.717, 1.165) is 9.13 Å². The third kappa shape index (κ3) is 3.46. The van der Waals surface area contributed by atoms with Gasteiger partial charge in [-0.3, -0.25) is 4.21 Å². The fourth-order valence-corrected chi connectivity index (χ4v) is 3.27. The number of halogens is 2. The second kappa shape index (κ2) is 6.04. The Labute approximate surface area is 127 Å². The summed E-state index contributed by atoms with van der Waals surface area (Å²) in [5.74, 6) is 0.461. The second-order valence-corrected chi connectivity index (χ2v) is 6.90. The van der Waals surface area contributed by atoms with Gasteiger partial charge in [0.15, 0.2) is 0 Å². The van der Waals surface area contributed by atoms with Crippen LogP contribution in [0.1, 0.15) is 5.56 Å². The van der Waals surface area contributed by atoms with Crippen molar-refractivity contribution in [3.63, 3.8) is 0 Å². The zero-order valence-corrected chi connectivity index (χ0v) is 13.1. The molecule has 0 radical (unpaired) electrons. The lowest BCUT2D eigenvalue weighted by atomic mass is 10.2. The number of hydrogen-bond acceptors (Lipinski definition) is 2. The van der Waals surface area contributed by atoms with Crippen LogP contribution in [0.5, 0.6) is 0 Å². The predicted octanol–water partition coefficient (Wildman–Crippen LogP) is 3.83. The summed E-state index contributed by atoms with van der Waals surface area (Å²) in [6.45, 7) is 0. The zero-order valence-electron chi connectivity index (χ0n) is 9.40. The van der Waals surface area contributed by atoms with Crippen LogP contribution in [0.2, 0.25) is 5.02 Å². The molecule has 0 aromatic heterocycles. The lowest BCUT2D eigenvalue weighted by molar-refractivity contribution is 0.683. The van der Waals surface area contributed by atoms with Crippen molar-refractivity contribution in [2.24, 2.45) is 0 Å². The molecule has 0 aliphatic rings. The Kier molecular flexibility index (Phi) is 4.64. The number of anilines is 1. The smallest absolute Gasteiger partial charge is 0.0621 e. The first kappa shape index (κ1) is 13.8. The number of nitrogens with two attached hydrogens (primary N) is 1. The van der Waals surface area contributed by atoms with Crippen molar-refractivity contribution in [3.8, 4) is 0 Å². The Morgan fingerprint density at radius 1 is 1.17 bits per heavy atom. The van der Waals surface area contributed by atoms with E-state index in [4.69, 9.17) is 17.3 Å². The first-order valence-corrected chi connectivity index (χ1v) is 8.01. The molecule has 2 aromatic carbocycles. The highest BCUT2D eigenvalue weighted by atomic mass is 127. The molecule has 0 aliphatic heterocycles. The van der Waals surface area contributed by atoms with Gasteiger partial charge >= 0.3 is 0 Å². The molecule has 0 heterocycles. The Morgan fingerprint density at radius 3 is 2.44 bits per heavy atom. The molecule has 5 heteroatoms. The van der Waals surface area contributed by atoms with E-state index in [9.17, 15) is 4.21 Å². The topological polar surface area (TPSA) is 43.1 Å². The lowest BCUT2D eigenvalue weighted by Crippen LogP contribution is -2.00. The van der Waals surface area contributed by atoms with Crippen molar-refractivity contribution in [2.45, 2.75) is 10.6 Å². The van der Waals surface area contributed by atoms with E-state index < -0.39 is 10.8 Å². The second-order valence-electron chi connectivity index (χ2n) is 3.80. The van der Waals surface area contributed by atoms with Crippen LogP contribution < -0.4 is 5.73 Å². The van der Waals surface area contributed by atoms with Crippen molar-refractivity contribution in [1.29, 1.82) is 0 Å². The molecule has 2 nitrogen and oxygen atoms in total. The molecule has 18 heavy (non-hydrogen) atoms. The molecule has 0 spiro atoms. The maximum atomic E-state index is 12.2. The maximum Gasteiger partial charge on any atom is 0.0621 e. The minimum atomic E-state index is -1.15. The van der Waals surface area contributed by atoms with E-state index in [1.807, 2.05) is 24.3 Å². The van der Waals surface area contributed by atoms with Crippen LogP contribution in [0.3, 0.4) is 0 Å². The van der Waals surface area contributed by atoms with Crippen LogP contribution in [-0.4, -0.2) is 4.21 Å². The van der Waals surface area contributed by atoms with E-state index in [2.05, 4.69) is 22.6 Å². The summed E-state index contributed by atoms with van der Waals surface area (Å²) >= 11 is 8.06. The van der Waals surface area contributed by atoms with Gasteiger partial charge in [0.05, 0.1) is 21.4 Å². The third-order valence-corrected chi connectivity index (χ3v) is 4.84. The molecule has 94 valence electrons. The molecule has 0 aliphatic carbocycles. The Hall–Kier alpha value is -0.590. The largest absolute Gasteiger partial charge is 0.398 e. The molecule has 1 unspecified atom stereocenters. The normalized spacial score (nSPS) is 12.3. The van der Waals surface area contributed by atoms with Gasteiger partial charge in [0.25, 0.3) is 0 Å². The number of hydrogen-bond donors (Lipinski definition) is 1. The minimum Gasteiger partial charge on any atom is -0.398 e. The zero-order chi connectivity index (χ0) is 13.1. The van der Waals surface area contributed by atoms with Crippen molar-refractivity contribution >= 4 is 50.7 Å². The minimum absolute atomic E-state index is 0.461. The van der Waals surface area contributed by atoms with Gasteiger partial charge in [-0.05, 0) is 58.5 Å².